The first-order valence-corrected chi connectivity index (χ1v) is 9.16. The maximum Gasteiger partial charge on any atom is 0.286 e. The van der Waals surface area contributed by atoms with Crippen molar-refractivity contribution in [3.63, 3.8) is 0 Å². The lowest BCUT2D eigenvalue weighted by atomic mass is 10.1. The van der Waals surface area contributed by atoms with Crippen LogP contribution in [0.5, 0.6) is 11.5 Å². The predicted octanol–water partition coefficient (Wildman–Crippen LogP) is 3.60. The molecule has 2 aromatic carbocycles. The van der Waals surface area contributed by atoms with Crippen LogP contribution < -0.4 is 14.8 Å². The van der Waals surface area contributed by atoms with E-state index in [9.17, 15) is 14.9 Å². The smallest absolute Gasteiger partial charge is 0.286 e. The minimum absolute atomic E-state index is 0.120. The van der Waals surface area contributed by atoms with Crippen LogP contribution in [0.4, 0.5) is 11.4 Å². The highest BCUT2D eigenvalue weighted by atomic mass is 32.2. The Hall–Kier alpha value is -2.78. The number of benzene rings is 2. The Kier molecular flexibility index (Phi) is 7.44. The first-order chi connectivity index (χ1) is 13.0. The summed E-state index contributed by atoms with van der Waals surface area (Å²) in [6.07, 6.45) is 1.94. The molecule has 0 atom stereocenters. The SMILES string of the molecule is COCCOc1cc([N+](=O)[O-])c(C(=O)Nc2ccc(SC)cc2)cc1OC. The molecular weight excluding hydrogens is 372 g/mol. The summed E-state index contributed by atoms with van der Waals surface area (Å²) >= 11 is 1.57. The van der Waals surface area contributed by atoms with Crippen molar-refractivity contribution in [1.82, 2.24) is 0 Å². The van der Waals surface area contributed by atoms with Gasteiger partial charge in [0.2, 0.25) is 0 Å². The van der Waals surface area contributed by atoms with Gasteiger partial charge in [0, 0.05) is 23.8 Å². The van der Waals surface area contributed by atoms with Crippen LogP contribution in [0.2, 0.25) is 0 Å². The van der Waals surface area contributed by atoms with Crippen LogP contribution in [-0.4, -0.2) is 44.5 Å². The number of ether oxygens (including phenoxy) is 3. The van der Waals surface area contributed by atoms with Gasteiger partial charge in [-0.2, -0.15) is 0 Å². The van der Waals surface area contributed by atoms with Gasteiger partial charge in [-0.1, -0.05) is 0 Å². The van der Waals surface area contributed by atoms with Gasteiger partial charge in [0.25, 0.3) is 11.6 Å². The molecule has 2 rings (SSSR count). The largest absolute Gasteiger partial charge is 0.493 e. The summed E-state index contributed by atoms with van der Waals surface area (Å²) in [5.41, 5.74) is 0.0396. The van der Waals surface area contributed by atoms with Gasteiger partial charge in [0.15, 0.2) is 11.5 Å². The average Bonchev–Trinajstić information content (AvgIpc) is 2.68. The van der Waals surface area contributed by atoms with E-state index in [1.807, 2.05) is 18.4 Å². The Bertz CT molecular complexity index is 810. The van der Waals surface area contributed by atoms with Gasteiger partial charge in [-0.05, 0) is 30.5 Å². The lowest BCUT2D eigenvalue weighted by Gasteiger charge is -2.13. The molecule has 0 heterocycles. The average molecular weight is 392 g/mol. The highest BCUT2D eigenvalue weighted by molar-refractivity contribution is 7.98. The summed E-state index contributed by atoms with van der Waals surface area (Å²) in [6.45, 7) is 0.503. The van der Waals surface area contributed by atoms with Crippen molar-refractivity contribution in [2.75, 3.05) is 39.0 Å². The molecule has 144 valence electrons. The molecule has 0 aliphatic carbocycles. The van der Waals surface area contributed by atoms with E-state index < -0.39 is 10.8 Å². The first kappa shape index (κ1) is 20.5. The molecule has 0 saturated heterocycles. The van der Waals surface area contributed by atoms with Crippen LogP contribution in [0.25, 0.3) is 0 Å². The Morgan fingerprint density at radius 2 is 1.85 bits per heavy atom. The van der Waals surface area contributed by atoms with E-state index in [-0.39, 0.29) is 29.4 Å². The van der Waals surface area contributed by atoms with Crippen LogP contribution in [-0.2, 0) is 4.74 Å². The number of methoxy groups -OCH3 is 2. The number of rotatable bonds is 9. The van der Waals surface area contributed by atoms with Crippen molar-refractivity contribution in [3.8, 4) is 11.5 Å². The highest BCUT2D eigenvalue weighted by Crippen LogP contribution is 2.35. The fourth-order valence-corrected chi connectivity index (χ4v) is 2.67. The quantitative estimate of drug-likeness (QED) is 0.301. The number of nitro groups is 1. The van der Waals surface area contributed by atoms with Gasteiger partial charge in [-0.15, -0.1) is 11.8 Å². The van der Waals surface area contributed by atoms with Crippen LogP contribution in [0.1, 0.15) is 10.4 Å². The summed E-state index contributed by atoms with van der Waals surface area (Å²) < 4.78 is 15.6. The Balaban J connectivity index is 2.32. The van der Waals surface area contributed by atoms with Crippen LogP contribution in [0, 0.1) is 10.1 Å². The summed E-state index contributed by atoms with van der Waals surface area (Å²) in [7, 11) is 2.91. The Morgan fingerprint density at radius 1 is 1.15 bits per heavy atom. The third-order valence-electron chi connectivity index (χ3n) is 3.62. The lowest BCUT2D eigenvalue weighted by Crippen LogP contribution is -2.15. The van der Waals surface area contributed by atoms with Crippen molar-refractivity contribution in [2.45, 2.75) is 4.90 Å². The molecule has 0 aromatic heterocycles. The molecule has 0 spiro atoms. The monoisotopic (exact) mass is 392 g/mol. The zero-order valence-electron chi connectivity index (χ0n) is 15.2. The topological polar surface area (TPSA) is 99.9 Å². The van der Waals surface area contributed by atoms with Gasteiger partial charge in [0.1, 0.15) is 12.2 Å². The van der Waals surface area contributed by atoms with Crippen molar-refractivity contribution >= 4 is 29.0 Å². The lowest BCUT2D eigenvalue weighted by molar-refractivity contribution is -0.385. The van der Waals surface area contributed by atoms with E-state index in [2.05, 4.69) is 5.32 Å². The second-order valence-electron chi connectivity index (χ2n) is 5.30. The van der Waals surface area contributed by atoms with Gasteiger partial charge in [0.05, 0.1) is 24.7 Å². The standard InChI is InChI=1S/C18H20N2O6S/c1-24-8-9-26-17-11-15(20(22)23)14(10-16(17)25-2)18(21)19-12-4-6-13(27-3)7-5-12/h4-7,10-11H,8-9H2,1-3H3,(H,19,21). The molecule has 2 aromatic rings. The number of nitrogens with zero attached hydrogens (tertiary/aromatic N) is 1. The van der Waals surface area contributed by atoms with E-state index >= 15 is 0 Å². The summed E-state index contributed by atoms with van der Waals surface area (Å²) in [5, 5.41) is 14.1. The minimum atomic E-state index is -0.631. The van der Waals surface area contributed by atoms with E-state index in [0.717, 1.165) is 4.90 Å². The molecule has 1 N–H and O–H groups in total. The van der Waals surface area contributed by atoms with Crippen molar-refractivity contribution in [3.05, 3.63) is 52.1 Å². The zero-order valence-corrected chi connectivity index (χ0v) is 16.0. The molecule has 8 nitrogen and oxygen atoms in total. The fraction of sp³-hybridized carbons (Fsp3) is 0.278. The van der Waals surface area contributed by atoms with Crippen molar-refractivity contribution in [1.29, 1.82) is 0 Å². The molecule has 27 heavy (non-hydrogen) atoms. The van der Waals surface area contributed by atoms with Crippen LogP contribution >= 0.6 is 11.8 Å². The van der Waals surface area contributed by atoms with Crippen LogP contribution in [0.3, 0.4) is 0 Å². The second-order valence-corrected chi connectivity index (χ2v) is 6.18. The minimum Gasteiger partial charge on any atom is -0.493 e. The number of carbonyl (C=O) groups is 1. The molecule has 0 fully saturated rings. The van der Waals surface area contributed by atoms with Gasteiger partial charge in [-0.3, -0.25) is 14.9 Å². The fourth-order valence-electron chi connectivity index (χ4n) is 2.26. The molecule has 9 heteroatoms. The predicted molar refractivity (Wildman–Crippen MR) is 103 cm³/mol. The number of carbonyl (C=O) groups excluding carboxylic acids is 1. The number of thioether (sulfide) groups is 1. The molecule has 0 aliphatic heterocycles. The Labute approximate surface area is 161 Å². The first-order valence-electron chi connectivity index (χ1n) is 7.93. The second kappa shape index (κ2) is 9.79. The molecule has 0 saturated carbocycles. The van der Waals surface area contributed by atoms with Crippen molar-refractivity contribution < 1.29 is 23.9 Å². The normalized spacial score (nSPS) is 10.3. The maximum atomic E-state index is 12.6. The maximum absolute atomic E-state index is 12.6. The summed E-state index contributed by atoms with van der Waals surface area (Å²) in [4.78, 5) is 24.5. The number of amides is 1. The third kappa shape index (κ3) is 5.35. The highest BCUT2D eigenvalue weighted by Gasteiger charge is 2.25. The Morgan fingerprint density at radius 3 is 2.41 bits per heavy atom. The number of hydrogen-bond donors (Lipinski definition) is 1. The van der Waals surface area contributed by atoms with Crippen LogP contribution in [0.15, 0.2) is 41.3 Å². The summed E-state index contributed by atoms with van der Waals surface area (Å²) in [5.74, 6) is -0.220. The molecular formula is C18H20N2O6S. The molecule has 0 radical (unpaired) electrons. The molecule has 1 amide bonds. The number of nitro benzene ring substituents is 1. The molecule has 0 unspecified atom stereocenters. The summed E-state index contributed by atoms with van der Waals surface area (Å²) in [6, 6.07) is 9.64. The van der Waals surface area contributed by atoms with Crippen molar-refractivity contribution in [2.24, 2.45) is 0 Å². The van der Waals surface area contributed by atoms with E-state index in [0.29, 0.717) is 12.3 Å². The molecule has 0 bridgehead atoms. The van der Waals surface area contributed by atoms with Gasteiger partial charge in [-0.25, -0.2) is 0 Å². The molecule has 0 aliphatic rings. The third-order valence-corrected chi connectivity index (χ3v) is 4.36. The van der Waals surface area contributed by atoms with E-state index in [1.54, 1.807) is 23.9 Å². The van der Waals surface area contributed by atoms with Gasteiger partial charge < -0.3 is 19.5 Å². The number of hydrogen-bond acceptors (Lipinski definition) is 7. The van der Waals surface area contributed by atoms with E-state index in [1.165, 1.54) is 26.4 Å². The van der Waals surface area contributed by atoms with Gasteiger partial charge >= 0.3 is 0 Å². The number of anilines is 1. The van der Waals surface area contributed by atoms with E-state index in [4.69, 9.17) is 14.2 Å². The number of nitrogens with one attached hydrogen (secondary N) is 1. The zero-order chi connectivity index (χ0) is 19.8.